The first-order valence-electron chi connectivity index (χ1n) is 7.00. The van der Waals surface area contributed by atoms with Gasteiger partial charge in [0.25, 0.3) is 0 Å². The maximum absolute atomic E-state index is 5.49. The van der Waals surface area contributed by atoms with E-state index in [-0.39, 0.29) is 12.2 Å². The lowest BCUT2D eigenvalue weighted by Crippen LogP contribution is -2.27. The van der Waals surface area contributed by atoms with E-state index >= 15 is 0 Å². The minimum Gasteiger partial charge on any atom is -0.377 e. The van der Waals surface area contributed by atoms with Crippen molar-refractivity contribution >= 4 is 11.6 Å². The van der Waals surface area contributed by atoms with Crippen molar-refractivity contribution < 1.29 is 9.47 Å². The molecule has 2 unspecified atom stereocenters. The standard InChI is InChI=1S/C14H24N4O2/c1-6-15-13-9(2)14(17-10(3)16-13)18-7-11(19-4)12(8-18)20-5/h11-12H,6-8H2,1-5H3,(H,15,16,17). The van der Waals surface area contributed by atoms with Crippen LogP contribution >= 0.6 is 0 Å². The molecule has 1 aliphatic heterocycles. The van der Waals surface area contributed by atoms with E-state index in [4.69, 9.17) is 9.47 Å². The lowest BCUT2D eigenvalue weighted by molar-refractivity contribution is -0.00461. The fraction of sp³-hybridized carbons (Fsp3) is 0.714. The molecule has 1 N–H and O–H groups in total. The number of aromatic nitrogens is 2. The lowest BCUT2D eigenvalue weighted by Gasteiger charge is -2.21. The molecule has 1 saturated heterocycles. The Labute approximate surface area is 120 Å². The Balaban J connectivity index is 2.29. The average Bonchev–Trinajstić information content (AvgIpc) is 2.85. The van der Waals surface area contributed by atoms with Gasteiger partial charge in [0.15, 0.2) is 0 Å². The number of nitrogens with zero attached hydrogens (tertiary/aromatic N) is 3. The number of ether oxygens (including phenoxy) is 2. The van der Waals surface area contributed by atoms with Crippen molar-refractivity contribution in [2.45, 2.75) is 33.0 Å². The van der Waals surface area contributed by atoms with Gasteiger partial charge in [-0.3, -0.25) is 0 Å². The van der Waals surface area contributed by atoms with E-state index in [0.29, 0.717) is 0 Å². The summed E-state index contributed by atoms with van der Waals surface area (Å²) in [7, 11) is 3.45. The predicted molar refractivity (Wildman–Crippen MR) is 79.5 cm³/mol. The number of aryl methyl sites for hydroxylation is 1. The first-order valence-corrected chi connectivity index (χ1v) is 7.00. The molecule has 20 heavy (non-hydrogen) atoms. The van der Waals surface area contributed by atoms with Gasteiger partial charge in [-0.15, -0.1) is 0 Å². The van der Waals surface area contributed by atoms with Gasteiger partial charge in [-0.05, 0) is 20.8 Å². The normalized spacial score (nSPS) is 22.4. The molecule has 1 aliphatic rings. The van der Waals surface area contributed by atoms with Gasteiger partial charge in [0, 0.05) is 39.4 Å². The van der Waals surface area contributed by atoms with E-state index in [0.717, 1.165) is 42.7 Å². The quantitative estimate of drug-likeness (QED) is 0.879. The Hall–Kier alpha value is -1.40. The first-order chi connectivity index (χ1) is 9.60. The highest BCUT2D eigenvalue weighted by molar-refractivity contribution is 5.59. The number of methoxy groups -OCH3 is 2. The number of rotatable bonds is 5. The van der Waals surface area contributed by atoms with Crippen molar-refractivity contribution in [1.29, 1.82) is 0 Å². The van der Waals surface area contributed by atoms with Gasteiger partial charge in [-0.2, -0.15) is 0 Å². The summed E-state index contributed by atoms with van der Waals surface area (Å²) in [5.74, 6) is 2.65. The van der Waals surface area contributed by atoms with Gasteiger partial charge in [0.2, 0.25) is 0 Å². The minimum absolute atomic E-state index is 0.0808. The second-order valence-corrected chi connectivity index (χ2v) is 5.05. The minimum atomic E-state index is 0.0808. The number of hydrogen-bond donors (Lipinski definition) is 1. The third-order valence-electron chi connectivity index (χ3n) is 3.70. The molecule has 6 nitrogen and oxygen atoms in total. The van der Waals surface area contributed by atoms with Crippen LogP contribution in [0.3, 0.4) is 0 Å². The first kappa shape index (κ1) is 15.0. The van der Waals surface area contributed by atoms with Gasteiger partial charge in [0.1, 0.15) is 29.7 Å². The lowest BCUT2D eigenvalue weighted by atomic mass is 10.3. The number of nitrogens with one attached hydrogen (secondary N) is 1. The maximum Gasteiger partial charge on any atom is 0.137 e. The Morgan fingerprint density at radius 2 is 1.75 bits per heavy atom. The van der Waals surface area contributed by atoms with E-state index in [1.165, 1.54) is 0 Å². The highest BCUT2D eigenvalue weighted by Gasteiger charge is 2.34. The van der Waals surface area contributed by atoms with Crippen molar-refractivity contribution in [3.05, 3.63) is 11.4 Å². The zero-order valence-electron chi connectivity index (χ0n) is 12.9. The molecule has 0 spiro atoms. The second kappa shape index (κ2) is 6.37. The summed E-state index contributed by atoms with van der Waals surface area (Å²) in [6.45, 7) is 8.46. The molecular formula is C14H24N4O2. The molecular weight excluding hydrogens is 256 g/mol. The number of hydrogen-bond acceptors (Lipinski definition) is 6. The fourth-order valence-electron chi connectivity index (χ4n) is 2.63. The Bertz CT molecular complexity index is 455. The molecule has 2 rings (SSSR count). The Morgan fingerprint density at radius 1 is 1.15 bits per heavy atom. The van der Waals surface area contributed by atoms with Crippen LogP contribution < -0.4 is 10.2 Å². The van der Waals surface area contributed by atoms with E-state index in [2.05, 4.69) is 34.0 Å². The van der Waals surface area contributed by atoms with E-state index in [9.17, 15) is 0 Å². The molecule has 2 atom stereocenters. The molecule has 1 aromatic rings. The van der Waals surface area contributed by atoms with E-state index in [1.807, 2.05) is 6.92 Å². The van der Waals surface area contributed by atoms with E-state index in [1.54, 1.807) is 14.2 Å². The monoisotopic (exact) mass is 280 g/mol. The van der Waals surface area contributed by atoms with Crippen LogP contribution in [0.1, 0.15) is 18.3 Å². The molecule has 0 saturated carbocycles. The summed E-state index contributed by atoms with van der Waals surface area (Å²) in [6, 6.07) is 0. The van der Waals surface area contributed by atoms with Crippen molar-refractivity contribution in [3.8, 4) is 0 Å². The summed E-state index contributed by atoms with van der Waals surface area (Å²) >= 11 is 0. The van der Waals surface area contributed by atoms with Crippen LogP contribution in [-0.2, 0) is 9.47 Å². The van der Waals surface area contributed by atoms with Crippen molar-refractivity contribution in [1.82, 2.24) is 9.97 Å². The molecule has 6 heteroatoms. The summed E-state index contributed by atoms with van der Waals surface area (Å²) in [5, 5.41) is 3.29. The molecule has 112 valence electrons. The van der Waals surface area contributed by atoms with Gasteiger partial charge in [-0.1, -0.05) is 0 Å². The van der Waals surface area contributed by atoms with Crippen LogP contribution in [0.15, 0.2) is 0 Å². The van der Waals surface area contributed by atoms with Crippen LogP contribution in [0, 0.1) is 13.8 Å². The second-order valence-electron chi connectivity index (χ2n) is 5.05. The topological polar surface area (TPSA) is 59.5 Å². The van der Waals surface area contributed by atoms with Gasteiger partial charge in [0.05, 0.1) is 0 Å². The summed E-state index contributed by atoms with van der Waals surface area (Å²) in [5.41, 5.74) is 1.07. The molecule has 0 amide bonds. The molecule has 0 radical (unpaired) electrons. The smallest absolute Gasteiger partial charge is 0.137 e. The van der Waals surface area contributed by atoms with Crippen molar-refractivity contribution in [3.63, 3.8) is 0 Å². The molecule has 1 aromatic heterocycles. The molecule has 0 aliphatic carbocycles. The van der Waals surface area contributed by atoms with Crippen LogP contribution in [0.4, 0.5) is 11.6 Å². The van der Waals surface area contributed by atoms with Gasteiger partial charge in [-0.25, -0.2) is 9.97 Å². The summed E-state index contributed by atoms with van der Waals surface area (Å²) in [4.78, 5) is 11.3. The molecule has 0 aromatic carbocycles. The molecule has 1 fully saturated rings. The molecule has 0 bridgehead atoms. The van der Waals surface area contributed by atoms with Crippen LogP contribution in [0.5, 0.6) is 0 Å². The van der Waals surface area contributed by atoms with Gasteiger partial charge >= 0.3 is 0 Å². The van der Waals surface area contributed by atoms with E-state index < -0.39 is 0 Å². The van der Waals surface area contributed by atoms with Crippen molar-refractivity contribution in [2.75, 3.05) is 44.1 Å². The van der Waals surface area contributed by atoms with Crippen LogP contribution in [-0.4, -0.2) is 56.0 Å². The third kappa shape index (κ3) is 2.86. The highest BCUT2D eigenvalue weighted by Crippen LogP contribution is 2.28. The van der Waals surface area contributed by atoms with Crippen LogP contribution in [0.2, 0.25) is 0 Å². The highest BCUT2D eigenvalue weighted by atomic mass is 16.5. The van der Waals surface area contributed by atoms with Gasteiger partial charge < -0.3 is 19.7 Å². The largest absolute Gasteiger partial charge is 0.377 e. The molecule has 2 heterocycles. The summed E-state index contributed by atoms with van der Waals surface area (Å²) < 4.78 is 11.0. The SMILES string of the molecule is CCNc1nc(C)nc(N2CC(OC)C(OC)C2)c1C. The Kier molecular flexibility index (Phi) is 4.77. The Morgan fingerprint density at radius 3 is 2.25 bits per heavy atom. The zero-order chi connectivity index (χ0) is 14.7. The van der Waals surface area contributed by atoms with Crippen molar-refractivity contribution in [2.24, 2.45) is 0 Å². The number of anilines is 2. The third-order valence-corrected chi connectivity index (χ3v) is 3.70. The maximum atomic E-state index is 5.49. The zero-order valence-corrected chi connectivity index (χ0v) is 12.9. The fourth-order valence-corrected chi connectivity index (χ4v) is 2.63. The van der Waals surface area contributed by atoms with Crippen LogP contribution in [0.25, 0.3) is 0 Å². The summed E-state index contributed by atoms with van der Waals surface area (Å²) in [6.07, 6.45) is 0.162. The predicted octanol–water partition coefficient (Wildman–Crippen LogP) is 1.38. The average molecular weight is 280 g/mol.